The van der Waals surface area contributed by atoms with Gasteiger partial charge in [-0.25, -0.2) is 8.42 Å². The average Bonchev–Trinajstić information content (AvgIpc) is 3.60. The molecule has 55 heavy (non-hydrogen) atoms. The molecular formula is C38H50Cl2N6O8S. The van der Waals surface area contributed by atoms with Crippen molar-refractivity contribution in [3.8, 4) is 5.75 Å². The molecule has 2 saturated heterocycles. The summed E-state index contributed by atoms with van der Waals surface area (Å²) < 4.78 is 44.6. The van der Waals surface area contributed by atoms with Gasteiger partial charge in [0.2, 0.25) is 5.91 Å². The van der Waals surface area contributed by atoms with E-state index in [0.717, 1.165) is 15.6 Å². The van der Waals surface area contributed by atoms with Crippen LogP contribution < -0.4 is 15.4 Å². The minimum Gasteiger partial charge on any atom is -0.493 e. The lowest BCUT2D eigenvalue weighted by atomic mass is 9.95. The quantitative estimate of drug-likeness (QED) is 0.193. The van der Waals surface area contributed by atoms with Crippen LogP contribution in [0.2, 0.25) is 10.0 Å². The first kappa shape index (κ1) is 42.8. The minimum absolute atomic E-state index is 0.0542. The largest absolute Gasteiger partial charge is 0.493 e. The predicted octanol–water partition coefficient (Wildman–Crippen LogP) is 3.67. The number of piperazine rings is 1. The van der Waals surface area contributed by atoms with Gasteiger partial charge in [-0.05, 0) is 60.5 Å². The van der Waals surface area contributed by atoms with Crippen LogP contribution in [0.25, 0.3) is 0 Å². The Morgan fingerprint density at radius 3 is 1.84 bits per heavy atom. The summed E-state index contributed by atoms with van der Waals surface area (Å²) in [6, 6.07) is 18.1. The van der Waals surface area contributed by atoms with Crippen molar-refractivity contribution in [3.63, 3.8) is 0 Å². The highest BCUT2D eigenvalue weighted by Gasteiger charge is 2.55. The normalized spacial score (nSPS) is 20.5. The van der Waals surface area contributed by atoms with Gasteiger partial charge in [0.25, 0.3) is 15.9 Å². The molecule has 0 bridgehead atoms. The maximum absolute atomic E-state index is 15.4. The molecule has 2 aliphatic rings. The minimum atomic E-state index is -4.14. The molecule has 17 heteroatoms. The standard InChI is InChI=1S/C38H50Cl2N6O8S/c1-6-54-33-16-15-31(55(49,50)43(2)53-5)25-32(33)38(37(48)46-19-17-44(18-20-46)26-34(47)45(21-23-51-3)22-24-52-4)41-35(27-7-11-29(39)12-8-27)36(42-38)28-9-13-30(40)14-10-28/h7-16,25,35-36,41-42H,6,17-24,26H2,1-5H3/t35-,36+,38?. The molecule has 300 valence electrons. The summed E-state index contributed by atoms with van der Waals surface area (Å²) >= 11 is 12.6. The van der Waals surface area contributed by atoms with Crippen molar-refractivity contribution in [2.75, 3.05) is 94.0 Å². The number of benzene rings is 3. The predicted molar refractivity (Wildman–Crippen MR) is 209 cm³/mol. The molecule has 14 nitrogen and oxygen atoms in total. The van der Waals surface area contributed by atoms with E-state index in [1.54, 1.807) is 54.4 Å². The van der Waals surface area contributed by atoms with E-state index in [1.165, 1.54) is 26.3 Å². The number of sulfonamides is 1. The summed E-state index contributed by atoms with van der Waals surface area (Å²) in [5, 5.41) is 8.38. The summed E-state index contributed by atoms with van der Waals surface area (Å²) in [5.41, 5.74) is 0.250. The topological polar surface area (TPSA) is 142 Å². The van der Waals surface area contributed by atoms with Crippen molar-refractivity contribution >= 4 is 45.0 Å². The Morgan fingerprint density at radius 1 is 0.836 bits per heavy atom. The van der Waals surface area contributed by atoms with E-state index in [4.69, 9.17) is 42.3 Å². The van der Waals surface area contributed by atoms with Crippen molar-refractivity contribution in [2.24, 2.45) is 0 Å². The average molecular weight is 822 g/mol. The van der Waals surface area contributed by atoms with Gasteiger partial charge in [-0.1, -0.05) is 51.9 Å². The number of ether oxygens (including phenoxy) is 3. The number of nitrogens with one attached hydrogen (secondary N) is 2. The lowest BCUT2D eigenvalue weighted by Gasteiger charge is -2.41. The highest BCUT2D eigenvalue weighted by molar-refractivity contribution is 7.89. The number of hydrogen-bond donors (Lipinski definition) is 2. The highest BCUT2D eigenvalue weighted by atomic mass is 35.5. The van der Waals surface area contributed by atoms with Crippen molar-refractivity contribution in [1.29, 1.82) is 0 Å². The summed E-state index contributed by atoms with van der Waals surface area (Å²) in [6.45, 7) is 5.41. The highest BCUT2D eigenvalue weighted by Crippen LogP contribution is 2.45. The third-order valence-electron chi connectivity index (χ3n) is 9.91. The molecule has 3 atom stereocenters. The third-order valence-corrected chi connectivity index (χ3v) is 12.1. The van der Waals surface area contributed by atoms with Crippen LogP contribution in [0, 0.1) is 0 Å². The fourth-order valence-corrected chi connectivity index (χ4v) is 8.10. The van der Waals surface area contributed by atoms with E-state index >= 15 is 4.79 Å². The second-order valence-corrected chi connectivity index (χ2v) is 16.0. The van der Waals surface area contributed by atoms with Gasteiger partial charge < -0.3 is 24.0 Å². The maximum Gasteiger partial charge on any atom is 0.264 e. The lowest BCUT2D eigenvalue weighted by molar-refractivity contribution is -0.142. The Morgan fingerprint density at radius 2 is 1.36 bits per heavy atom. The molecule has 3 aromatic rings. The monoisotopic (exact) mass is 820 g/mol. The van der Waals surface area contributed by atoms with Crippen LogP contribution in [0.5, 0.6) is 5.75 Å². The zero-order valence-electron chi connectivity index (χ0n) is 31.8. The zero-order chi connectivity index (χ0) is 39.8. The van der Waals surface area contributed by atoms with E-state index in [9.17, 15) is 13.2 Å². The van der Waals surface area contributed by atoms with E-state index < -0.39 is 27.8 Å². The van der Waals surface area contributed by atoms with Crippen LogP contribution in [0.3, 0.4) is 0 Å². The summed E-state index contributed by atoms with van der Waals surface area (Å²) in [4.78, 5) is 39.1. The van der Waals surface area contributed by atoms with Gasteiger partial charge >= 0.3 is 0 Å². The molecule has 5 rings (SSSR count). The maximum atomic E-state index is 15.4. The number of nitrogens with zero attached hydrogens (tertiary/aromatic N) is 4. The second kappa shape index (κ2) is 19.2. The van der Waals surface area contributed by atoms with E-state index in [2.05, 4.69) is 10.6 Å². The Kier molecular flexibility index (Phi) is 14.9. The first-order valence-electron chi connectivity index (χ1n) is 18.0. The van der Waals surface area contributed by atoms with Crippen LogP contribution in [0.4, 0.5) is 0 Å². The molecule has 0 saturated carbocycles. The van der Waals surface area contributed by atoms with Gasteiger partial charge in [0.1, 0.15) is 5.75 Å². The Balaban J connectivity index is 1.56. The first-order chi connectivity index (χ1) is 26.4. The molecule has 2 heterocycles. The number of carbonyl (C=O) groups excluding carboxylic acids is 2. The van der Waals surface area contributed by atoms with Gasteiger partial charge in [-0.2, -0.15) is 0 Å². The molecule has 2 amide bonds. The fourth-order valence-electron chi connectivity index (χ4n) is 6.85. The summed E-state index contributed by atoms with van der Waals surface area (Å²) in [6.07, 6.45) is 0. The van der Waals surface area contributed by atoms with Crippen LogP contribution in [0.1, 0.15) is 35.7 Å². The Bertz CT molecular complexity index is 1800. The van der Waals surface area contributed by atoms with Crippen LogP contribution in [0.15, 0.2) is 71.6 Å². The SMILES string of the molecule is CCOc1ccc(S(=O)(=O)N(C)OC)cc1C1(C(=O)N2CCN(CC(=O)N(CCOC)CCOC)CC2)N[C@H](c2ccc(Cl)cc2)[C@H](c2ccc(Cl)cc2)N1. The van der Waals surface area contributed by atoms with Crippen LogP contribution in [-0.4, -0.2) is 133 Å². The van der Waals surface area contributed by atoms with Gasteiger partial charge in [0, 0.05) is 76.1 Å². The molecule has 2 aliphatic heterocycles. The molecule has 2 N–H and O–H groups in total. The molecular weight excluding hydrogens is 771 g/mol. The van der Waals surface area contributed by atoms with Crippen LogP contribution in [-0.2, 0) is 39.6 Å². The van der Waals surface area contributed by atoms with E-state index in [1.807, 2.05) is 36.1 Å². The number of amides is 2. The molecule has 0 aromatic heterocycles. The molecule has 2 fully saturated rings. The molecule has 1 unspecified atom stereocenters. The van der Waals surface area contributed by atoms with Crippen LogP contribution >= 0.6 is 23.2 Å². The third kappa shape index (κ3) is 9.79. The Labute approximate surface area is 333 Å². The molecule has 0 spiro atoms. The second-order valence-electron chi connectivity index (χ2n) is 13.2. The Hall–Kier alpha value is -3.35. The fraction of sp³-hybridized carbons (Fsp3) is 0.474. The van der Waals surface area contributed by atoms with Gasteiger partial charge in [-0.3, -0.25) is 30.0 Å². The molecule has 0 radical (unpaired) electrons. The number of halogens is 2. The van der Waals surface area contributed by atoms with Crippen molar-refractivity contribution < 1.29 is 37.1 Å². The van der Waals surface area contributed by atoms with Crippen molar-refractivity contribution in [1.82, 2.24) is 29.8 Å². The number of rotatable bonds is 17. The van der Waals surface area contributed by atoms with E-state index in [-0.39, 0.29) is 35.4 Å². The van der Waals surface area contributed by atoms with E-state index in [0.29, 0.717) is 68.3 Å². The smallest absolute Gasteiger partial charge is 0.264 e. The van der Waals surface area contributed by atoms with Crippen molar-refractivity contribution in [3.05, 3.63) is 93.5 Å². The summed E-state index contributed by atoms with van der Waals surface area (Å²) in [7, 11) is 1.60. The number of methoxy groups -OCH3 is 2. The first-order valence-corrected chi connectivity index (χ1v) is 20.2. The van der Waals surface area contributed by atoms with Gasteiger partial charge in [-0.15, -0.1) is 0 Å². The van der Waals surface area contributed by atoms with Crippen molar-refractivity contribution in [2.45, 2.75) is 29.6 Å². The number of hydrogen-bond acceptors (Lipinski definition) is 11. The number of hydroxylamine groups is 1. The zero-order valence-corrected chi connectivity index (χ0v) is 34.1. The summed E-state index contributed by atoms with van der Waals surface area (Å²) in [5.74, 6) is -0.0780. The van der Waals surface area contributed by atoms with Gasteiger partial charge in [0.15, 0.2) is 5.66 Å². The molecule has 0 aliphatic carbocycles. The molecule has 3 aromatic carbocycles. The van der Waals surface area contributed by atoms with Gasteiger partial charge in [0.05, 0.1) is 50.5 Å². The lowest BCUT2D eigenvalue weighted by Crippen LogP contribution is -2.62. The number of carbonyl (C=O) groups is 2.